The molecule has 0 unspecified atom stereocenters. The first-order valence-electron chi connectivity index (χ1n) is 6.40. The highest BCUT2D eigenvalue weighted by Crippen LogP contribution is 2.00. The van der Waals surface area contributed by atoms with E-state index in [1.54, 1.807) is 0 Å². The topological polar surface area (TPSA) is 18.5 Å². The Kier molecular flexibility index (Phi) is 14.3. The molecule has 0 heterocycles. The quantitative estimate of drug-likeness (QED) is 0.376. The van der Waals surface area contributed by atoms with Crippen LogP contribution in [0.4, 0.5) is 0 Å². The lowest BCUT2D eigenvalue weighted by Crippen LogP contribution is -2.07. The molecule has 0 aromatic carbocycles. The summed E-state index contributed by atoms with van der Waals surface area (Å²) < 4.78 is 10.8. The second-order valence-corrected chi connectivity index (χ2v) is 4.65. The van der Waals surface area contributed by atoms with Gasteiger partial charge in [-0.25, -0.2) is 0 Å². The molecule has 0 fully saturated rings. The van der Waals surface area contributed by atoms with Crippen LogP contribution in [0.2, 0.25) is 0 Å². The van der Waals surface area contributed by atoms with Gasteiger partial charge in [-0.15, -0.1) is 0 Å². The second kappa shape index (κ2) is 14.1. The highest BCUT2D eigenvalue weighted by molar-refractivity contribution is 6.17. The smallest absolute Gasteiger partial charge is 0.393 e. The fourth-order valence-corrected chi connectivity index (χ4v) is 1.87. The molecule has 0 aliphatic heterocycles. The van der Waals surface area contributed by atoms with Crippen molar-refractivity contribution in [1.82, 2.24) is 0 Å². The van der Waals surface area contributed by atoms with Crippen molar-refractivity contribution in [3.8, 4) is 0 Å². The molecule has 0 amide bonds. The molecule has 0 bridgehead atoms. The molecule has 0 aromatic rings. The maximum Gasteiger partial charge on any atom is 0.433 e. The number of unbranched alkanes of at least 4 members (excludes halogenated alkanes) is 6. The van der Waals surface area contributed by atoms with Gasteiger partial charge in [0.2, 0.25) is 0 Å². The van der Waals surface area contributed by atoms with E-state index in [2.05, 4.69) is 13.8 Å². The lowest BCUT2D eigenvalue weighted by molar-refractivity contribution is 0.213. The molecule has 0 aliphatic rings. The average Bonchev–Trinajstić information content (AvgIpc) is 2.26. The van der Waals surface area contributed by atoms with Gasteiger partial charge in [-0.2, -0.15) is 0 Å². The summed E-state index contributed by atoms with van der Waals surface area (Å²) in [5.74, 6) is 0. The molecular formula is C12H26O2Si. The molecule has 3 heteroatoms. The highest BCUT2D eigenvalue weighted by Gasteiger charge is 1.94. The van der Waals surface area contributed by atoms with Gasteiger partial charge >= 0.3 is 10.0 Å². The number of hydrogen-bond acceptors (Lipinski definition) is 2. The zero-order valence-corrected chi connectivity index (χ0v) is 11.4. The van der Waals surface area contributed by atoms with Crippen LogP contribution in [0.1, 0.15) is 65.2 Å². The minimum absolute atomic E-state index is 0.256. The summed E-state index contributed by atoms with van der Waals surface area (Å²) in [6.45, 7) is 6.19. The van der Waals surface area contributed by atoms with Gasteiger partial charge in [0.15, 0.2) is 0 Å². The number of rotatable bonds is 12. The predicted molar refractivity (Wildman–Crippen MR) is 65.9 cm³/mol. The Hall–Kier alpha value is 0.137. The Labute approximate surface area is 97.8 Å². The van der Waals surface area contributed by atoms with Crippen molar-refractivity contribution < 1.29 is 8.85 Å². The summed E-state index contributed by atoms with van der Waals surface area (Å²) in [4.78, 5) is 0. The molecule has 2 radical (unpaired) electrons. The van der Waals surface area contributed by atoms with Crippen LogP contribution in [-0.4, -0.2) is 23.2 Å². The van der Waals surface area contributed by atoms with E-state index in [9.17, 15) is 0 Å². The average molecular weight is 230 g/mol. The zero-order valence-electron chi connectivity index (χ0n) is 10.4. The molecule has 15 heavy (non-hydrogen) atoms. The summed E-state index contributed by atoms with van der Waals surface area (Å²) in [6, 6.07) is 0. The SMILES string of the molecule is CCCCCCO[Si]OCCCCCC. The van der Waals surface area contributed by atoms with Gasteiger partial charge in [0.05, 0.1) is 0 Å². The molecule has 90 valence electrons. The minimum atomic E-state index is 0.256. The third-order valence-corrected chi connectivity index (χ3v) is 2.96. The van der Waals surface area contributed by atoms with Gasteiger partial charge in [0.25, 0.3) is 0 Å². The third-order valence-electron chi connectivity index (χ3n) is 2.32. The maximum atomic E-state index is 5.39. The van der Waals surface area contributed by atoms with Crippen molar-refractivity contribution >= 4 is 10.0 Å². The summed E-state index contributed by atoms with van der Waals surface area (Å²) in [5, 5.41) is 0. The van der Waals surface area contributed by atoms with E-state index in [1.807, 2.05) is 0 Å². The summed E-state index contributed by atoms with van der Waals surface area (Å²) in [6.07, 6.45) is 10.2. The van der Waals surface area contributed by atoms with Gasteiger partial charge < -0.3 is 8.85 Å². The first kappa shape index (κ1) is 15.1. The summed E-state index contributed by atoms with van der Waals surface area (Å²) >= 11 is 0. The maximum absolute atomic E-state index is 5.39. The fraction of sp³-hybridized carbons (Fsp3) is 1.00. The van der Waals surface area contributed by atoms with Gasteiger partial charge in [-0.05, 0) is 12.8 Å². The van der Waals surface area contributed by atoms with Crippen LogP contribution in [0.25, 0.3) is 0 Å². The lowest BCUT2D eigenvalue weighted by Gasteiger charge is -2.03. The summed E-state index contributed by atoms with van der Waals surface area (Å²) in [7, 11) is 0.256. The monoisotopic (exact) mass is 230 g/mol. The van der Waals surface area contributed by atoms with E-state index >= 15 is 0 Å². The molecule has 0 atom stereocenters. The first-order valence-corrected chi connectivity index (χ1v) is 7.22. The second-order valence-electron chi connectivity index (χ2n) is 3.90. The molecule has 2 nitrogen and oxygen atoms in total. The Morgan fingerprint density at radius 3 is 1.53 bits per heavy atom. The van der Waals surface area contributed by atoms with Crippen molar-refractivity contribution in [3.63, 3.8) is 0 Å². The van der Waals surface area contributed by atoms with E-state index in [1.165, 1.54) is 51.4 Å². The summed E-state index contributed by atoms with van der Waals surface area (Å²) in [5.41, 5.74) is 0. The van der Waals surface area contributed by atoms with Crippen LogP contribution in [0, 0.1) is 0 Å². The molecule has 0 rings (SSSR count). The van der Waals surface area contributed by atoms with Crippen molar-refractivity contribution in [2.24, 2.45) is 0 Å². The minimum Gasteiger partial charge on any atom is -0.393 e. The van der Waals surface area contributed by atoms with Gasteiger partial charge in [0.1, 0.15) is 0 Å². The fourth-order valence-electron chi connectivity index (χ4n) is 1.33. The molecule has 0 aromatic heterocycles. The van der Waals surface area contributed by atoms with Gasteiger partial charge in [-0.3, -0.25) is 0 Å². The Bertz CT molecular complexity index is 97.8. The molecule has 0 spiro atoms. The lowest BCUT2D eigenvalue weighted by atomic mass is 10.2. The van der Waals surface area contributed by atoms with Crippen molar-refractivity contribution in [2.75, 3.05) is 13.2 Å². The predicted octanol–water partition coefficient (Wildman–Crippen LogP) is 3.71. The van der Waals surface area contributed by atoms with E-state index < -0.39 is 0 Å². The number of hydrogen-bond donors (Lipinski definition) is 0. The zero-order chi connectivity index (χ0) is 11.2. The van der Waals surface area contributed by atoms with Crippen LogP contribution >= 0.6 is 0 Å². The van der Waals surface area contributed by atoms with Crippen LogP contribution in [0.5, 0.6) is 0 Å². The Morgan fingerprint density at radius 1 is 0.667 bits per heavy atom. The van der Waals surface area contributed by atoms with Gasteiger partial charge in [-0.1, -0.05) is 52.4 Å². The van der Waals surface area contributed by atoms with E-state index in [-0.39, 0.29) is 10.0 Å². The van der Waals surface area contributed by atoms with E-state index in [0.29, 0.717) is 0 Å². The Morgan fingerprint density at radius 2 is 1.13 bits per heavy atom. The molecule has 0 N–H and O–H groups in total. The van der Waals surface area contributed by atoms with E-state index in [4.69, 9.17) is 8.85 Å². The highest BCUT2D eigenvalue weighted by atomic mass is 28.3. The van der Waals surface area contributed by atoms with Crippen molar-refractivity contribution in [1.29, 1.82) is 0 Å². The van der Waals surface area contributed by atoms with Crippen LogP contribution in [-0.2, 0) is 8.85 Å². The van der Waals surface area contributed by atoms with Gasteiger partial charge in [0, 0.05) is 13.2 Å². The van der Waals surface area contributed by atoms with Crippen molar-refractivity contribution in [2.45, 2.75) is 65.2 Å². The first-order chi connectivity index (χ1) is 7.41. The standard InChI is InChI=1S/C12H26O2Si/c1-3-5-7-9-11-13-15-14-12-10-8-6-4-2/h3-12H2,1-2H3. The molecule has 0 saturated heterocycles. The van der Waals surface area contributed by atoms with Crippen LogP contribution in [0.15, 0.2) is 0 Å². The third kappa shape index (κ3) is 14.1. The van der Waals surface area contributed by atoms with Crippen LogP contribution < -0.4 is 0 Å². The van der Waals surface area contributed by atoms with E-state index in [0.717, 1.165) is 13.2 Å². The molecule has 0 saturated carbocycles. The van der Waals surface area contributed by atoms with Crippen LogP contribution in [0.3, 0.4) is 0 Å². The largest absolute Gasteiger partial charge is 0.433 e. The Balaban J connectivity index is 2.81. The molecular weight excluding hydrogens is 204 g/mol. The normalized spacial score (nSPS) is 10.8. The molecule has 0 aliphatic carbocycles. The van der Waals surface area contributed by atoms with Crippen molar-refractivity contribution in [3.05, 3.63) is 0 Å².